The Balaban J connectivity index is 2.78. The number of carbonyl (C=O) groups is 1. The Labute approximate surface area is 90.1 Å². The number of benzene rings is 1. The zero-order valence-corrected chi connectivity index (χ0v) is 9.32. The summed E-state index contributed by atoms with van der Waals surface area (Å²) in [7, 11) is 0. The second kappa shape index (κ2) is 4.82. The van der Waals surface area contributed by atoms with Gasteiger partial charge in [0.1, 0.15) is 0 Å². The van der Waals surface area contributed by atoms with E-state index in [4.69, 9.17) is 5.11 Å². The van der Waals surface area contributed by atoms with Crippen molar-refractivity contribution in [2.75, 3.05) is 5.32 Å². The maximum Gasteiger partial charge on any atom is 0.335 e. The van der Waals surface area contributed by atoms with Crippen LogP contribution in [0.15, 0.2) is 24.3 Å². The van der Waals surface area contributed by atoms with Gasteiger partial charge in [-0.15, -0.1) is 0 Å². The highest BCUT2D eigenvalue weighted by Crippen LogP contribution is 2.14. The van der Waals surface area contributed by atoms with E-state index in [-0.39, 0.29) is 0 Å². The van der Waals surface area contributed by atoms with E-state index in [0.29, 0.717) is 17.5 Å². The first kappa shape index (κ1) is 11.6. The normalized spacial score (nSPS) is 12.5. The van der Waals surface area contributed by atoms with Gasteiger partial charge in [-0.1, -0.05) is 19.9 Å². The molecule has 1 aromatic rings. The average Bonchev–Trinajstić information content (AvgIpc) is 2.18. The van der Waals surface area contributed by atoms with Gasteiger partial charge in [0.2, 0.25) is 0 Å². The molecule has 2 N–H and O–H groups in total. The Hall–Kier alpha value is -1.51. The van der Waals surface area contributed by atoms with Crippen molar-refractivity contribution in [2.24, 2.45) is 5.92 Å². The summed E-state index contributed by atoms with van der Waals surface area (Å²) in [5.41, 5.74) is 1.17. The minimum absolute atomic E-state index is 0.316. The number of carboxylic acid groups (broad SMARTS) is 1. The Morgan fingerprint density at radius 2 is 2.00 bits per heavy atom. The van der Waals surface area contributed by atoms with E-state index in [9.17, 15) is 4.79 Å². The van der Waals surface area contributed by atoms with Crippen molar-refractivity contribution >= 4 is 11.7 Å². The Morgan fingerprint density at radius 1 is 1.33 bits per heavy atom. The maximum absolute atomic E-state index is 10.7. The van der Waals surface area contributed by atoms with E-state index in [1.54, 1.807) is 18.2 Å². The Kier molecular flexibility index (Phi) is 3.72. The molecule has 82 valence electrons. The van der Waals surface area contributed by atoms with E-state index in [0.717, 1.165) is 5.69 Å². The van der Waals surface area contributed by atoms with Crippen molar-refractivity contribution in [3.05, 3.63) is 29.8 Å². The maximum atomic E-state index is 10.7. The van der Waals surface area contributed by atoms with Crippen molar-refractivity contribution < 1.29 is 9.90 Å². The van der Waals surface area contributed by atoms with Crippen LogP contribution in [0.2, 0.25) is 0 Å². The second-order valence-electron chi connectivity index (χ2n) is 4.06. The summed E-state index contributed by atoms with van der Waals surface area (Å²) in [6.07, 6.45) is 0. The van der Waals surface area contributed by atoms with Gasteiger partial charge in [0.25, 0.3) is 0 Å². The molecule has 0 spiro atoms. The van der Waals surface area contributed by atoms with Crippen LogP contribution in [-0.2, 0) is 0 Å². The summed E-state index contributed by atoms with van der Waals surface area (Å²) < 4.78 is 0. The van der Waals surface area contributed by atoms with Gasteiger partial charge in [0.05, 0.1) is 5.56 Å². The monoisotopic (exact) mass is 207 g/mol. The van der Waals surface area contributed by atoms with E-state index in [1.165, 1.54) is 0 Å². The molecule has 1 unspecified atom stereocenters. The van der Waals surface area contributed by atoms with Gasteiger partial charge in [-0.2, -0.15) is 0 Å². The molecule has 0 heterocycles. The highest BCUT2D eigenvalue weighted by molar-refractivity contribution is 5.88. The number of nitrogens with one attached hydrogen (secondary N) is 1. The molecule has 1 atom stereocenters. The van der Waals surface area contributed by atoms with Crippen molar-refractivity contribution in [3.63, 3.8) is 0 Å². The molecule has 0 amide bonds. The highest BCUT2D eigenvalue weighted by atomic mass is 16.4. The minimum Gasteiger partial charge on any atom is -0.478 e. The third kappa shape index (κ3) is 3.27. The fourth-order valence-electron chi connectivity index (χ4n) is 1.17. The number of carboxylic acids is 1. The van der Waals surface area contributed by atoms with Gasteiger partial charge in [0, 0.05) is 11.7 Å². The lowest BCUT2D eigenvalue weighted by Gasteiger charge is -2.18. The van der Waals surface area contributed by atoms with Crippen LogP contribution in [0.3, 0.4) is 0 Å². The smallest absolute Gasteiger partial charge is 0.335 e. The fraction of sp³-hybridized carbons (Fsp3) is 0.417. The van der Waals surface area contributed by atoms with Crippen molar-refractivity contribution in [1.29, 1.82) is 0 Å². The predicted molar refractivity (Wildman–Crippen MR) is 61.3 cm³/mol. The third-order valence-electron chi connectivity index (χ3n) is 2.50. The molecule has 15 heavy (non-hydrogen) atoms. The zero-order valence-electron chi connectivity index (χ0n) is 9.32. The molecule has 0 aliphatic heterocycles. The summed E-state index contributed by atoms with van der Waals surface area (Å²) in [5, 5.41) is 12.1. The number of hydrogen-bond donors (Lipinski definition) is 2. The van der Waals surface area contributed by atoms with Gasteiger partial charge in [-0.25, -0.2) is 4.79 Å². The molecule has 0 radical (unpaired) electrons. The van der Waals surface area contributed by atoms with Gasteiger partial charge in [0.15, 0.2) is 0 Å². The number of anilines is 1. The van der Waals surface area contributed by atoms with Crippen molar-refractivity contribution in [3.8, 4) is 0 Å². The van der Waals surface area contributed by atoms with Gasteiger partial charge < -0.3 is 10.4 Å². The van der Waals surface area contributed by atoms with Crippen LogP contribution < -0.4 is 5.32 Å². The standard InChI is InChI=1S/C12H17NO2/c1-8(2)9(3)13-11-6-4-5-10(7-11)12(14)15/h4-9,13H,1-3H3,(H,14,15). The van der Waals surface area contributed by atoms with Gasteiger partial charge >= 0.3 is 5.97 Å². The minimum atomic E-state index is -0.893. The lowest BCUT2D eigenvalue weighted by Crippen LogP contribution is -2.21. The lowest BCUT2D eigenvalue weighted by molar-refractivity contribution is 0.0697. The molecule has 3 nitrogen and oxygen atoms in total. The number of hydrogen-bond acceptors (Lipinski definition) is 2. The molecule has 0 saturated heterocycles. The first-order valence-electron chi connectivity index (χ1n) is 5.10. The number of rotatable bonds is 4. The molecule has 0 bridgehead atoms. The van der Waals surface area contributed by atoms with E-state index in [2.05, 4.69) is 26.1 Å². The molecular weight excluding hydrogens is 190 g/mol. The Morgan fingerprint density at radius 3 is 2.53 bits per heavy atom. The molecule has 3 heteroatoms. The summed E-state index contributed by atoms with van der Waals surface area (Å²) in [6.45, 7) is 6.33. The van der Waals surface area contributed by atoms with Crippen molar-refractivity contribution in [1.82, 2.24) is 0 Å². The number of aromatic carboxylic acids is 1. The molecule has 0 aliphatic rings. The highest BCUT2D eigenvalue weighted by Gasteiger charge is 2.08. The summed E-state index contributed by atoms with van der Waals surface area (Å²) >= 11 is 0. The van der Waals surface area contributed by atoms with Crippen LogP contribution >= 0.6 is 0 Å². The van der Waals surface area contributed by atoms with Crippen LogP contribution in [0.5, 0.6) is 0 Å². The molecule has 1 rings (SSSR count). The van der Waals surface area contributed by atoms with Gasteiger partial charge in [-0.3, -0.25) is 0 Å². The third-order valence-corrected chi connectivity index (χ3v) is 2.50. The first-order chi connectivity index (χ1) is 7.00. The molecule has 1 aromatic carbocycles. The second-order valence-corrected chi connectivity index (χ2v) is 4.06. The zero-order chi connectivity index (χ0) is 11.4. The Bertz CT molecular complexity index is 347. The fourth-order valence-corrected chi connectivity index (χ4v) is 1.17. The molecule has 0 aliphatic carbocycles. The SMILES string of the molecule is CC(C)C(C)Nc1cccc(C(=O)O)c1. The van der Waals surface area contributed by atoms with Crippen LogP contribution in [0, 0.1) is 5.92 Å². The summed E-state index contributed by atoms with van der Waals surface area (Å²) in [6, 6.07) is 7.20. The van der Waals surface area contributed by atoms with Crippen LogP contribution in [0.4, 0.5) is 5.69 Å². The average molecular weight is 207 g/mol. The van der Waals surface area contributed by atoms with Gasteiger partial charge in [-0.05, 0) is 31.0 Å². The first-order valence-corrected chi connectivity index (χ1v) is 5.10. The van der Waals surface area contributed by atoms with E-state index < -0.39 is 5.97 Å². The predicted octanol–water partition coefficient (Wildman–Crippen LogP) is 2.84. The summed E-state index contributed by atoms with van der Waals surface area (Å²) in [4.78, 5) is 10.7. The van der Waals surface area contributed by atoms with E-state index in [1.807, 2.05) is 6.07 Å². The molecule has 0 fully saturated rings. The van der Waals surface area contributed by atoms with Crippen molar-refractivity contribution in [2.45, 2.75) is 26.8 Å². The van der Waals surface area contributed by atoms with Crippen LogP contribution in [-0.4, -0.2) is 17.1 Å². The largest absolute Gasteiger partial charge is 0.478 e. The summed E-state index contributed by atoms with van der Waals surface area (Å²) in [5.74, 6) is -0.380. The lowest BCUT2D eigenvalue weighted by atomic mass is 10.1. The molecular formula is C12H17NO2. The van der Waals surface area contributed by atoms with Crippen LogP contribution in [0.25, 0.3) is 0 Å². The molecule has 0 aromatic heterocycles. The van der Waals surface area contributed by atoms with E-state index >= 15 is 0 Å². The van der Waals surface area contributed by atoms with Crippen LogP contribution in [0.1, 0.15) is 31.1 Å². The molecule has 0 saturated carbocycles. The topological polar surface area (TPSA) is 49.3 Å². The quantitative estimate of drug-likeness (QED) is 0.798.